The van der Waals surface area contributed by atoms with Crippen LogP contribution in [-0.2, 0) is 9.59 Å². The number of piperidine rings is 1. The number of nitrogens with one attached hydrogen (secondary N) is 2. The van der Waals surface area contributed by atoms with E-state index >= 15 is 0 Å². The Labute approximate surface area is 204 Å². The lowest BCUT2D eigenvalue weighted by Gasteiger charge is -2.31. The summed E-state index contributed by atoms with van der Waals surface area (Å²) >= 11 is 2.54. The van der Waals surface area contributed by atoms with E-state index in [9.17, 15) is 19.2 Å². The molecule has 3 aromatic rings. The fourth-order valence-electron chi connectivity index (χ4n) is 4.21. The molecule has 4 amide bonds. The fourth-order valence-corrected chi connectivity index (χ4v) is 6.17. The smallest absolute Gasteiger partial charge is 0.286 e. The van der Waals surface area contributed by atoms with Crippen LogP contribution in [0.25, 0.3) is 10.2 Å². The second-order valence-corrected chi connectivity index (χ2v) is 10.5. The molecule has 0 saturated carbocycles. The molecule has 2 fully saturated rings. The summed E-state index contributed by atoms with van der Waals surface area (Å²) in [6.07, 6.45) is 1.61. The Morgan fingerprint density at radius 1 is 1.09 bits per heavy atom. The third-order valence-corrected chi connectivity index (χ3v) is 8.15. The number of thioether (sulfide) groups is 1. The monoisotopic (exact) mass is 494 g/mol. The van der Waals surface area contributed by atoms with Crippen LogP contribution in [0, 0.1) is 0 Å². The van der Waals surface area contributed by atoms with Crippen LogP contribution in [-0.4, -0.2) is 51.2 Å². The molecule has 1 aromatic heterocycles. The lowest BCUT2D eigenvalue weighted by molar-refractivity contribution is -0.122. The average molecular weight is 495 g/mol. The molecule has 0 radical (unpaired) electrons. The van der Waals surface area contributed by atoms with Gasteiger partial charge in [0.1, 0.15) is 5.25 Å². The van der Waals surface area contributed by atoms with Gasteiger partial charge < -0.3 is 10.2 Å². The number of carbonyl (C=O) groups is 4. The molecular weight excluding hydrogens is 472 g/mol. The zero-order valence-corrected chi connectivity index (χ0v) is 19.8. The number of hydrogen-bond donors (Lipinski definition) is 2. The number of likely N-dealkylation sites (tertiary alicyclic amines) is 1. The minimum absolute atomic E-state index is 0.0739. The first-order valence-corrected chi connectivity index (χ1v) is 12.7. The van der Waals surface area contributed by atoms with Gasteiger partial charge in [0, 0.05) is 36.7 Å². The minimum atomic E-state index is -0.728. The number of imide groups is 1. The van der Waals surface area contributed by atoms with Gasteiger partial charge in [0.15, 0.2) is 0 Å². The molecule has 0 spiro atoms. The number of carbonyl (C=O) groups excluding carboxylic acids is 4. The third kappa shape index (κ3) is 4.83. The number of fused-ring (bicyclic) bond motifs is 1. The molecule has 1 unspecified atom stereocenters. The van der Waals surface area contributed by atoms with Crippen molar-refractivity contribution in [3.8, 4) is 0 Å². The van der Waals surface area contributed by atoms with Gasteiger partial charge in [-0.2, -0.15) is 0 Å². The van der Waals surface area contributed by atoms with Crippen LogP contribution in [0.1, 0.15) is 40.5 Å². The van der Waals surface area contributed by atoms with Crippen molar-refractivity contribution in [3.05, 3.63) is 59.1 Å². The number of nitrogens with zero attached hydrogens (tertiary/aromatic N) is 2. The summed E-state index contributed by atoms with van der Waals surface area (Å²) < 4.78 is 1.19. The molecule has 2 aliphatic rings. The van der Waals surface area contributed by atoms with Gasteiger partial charge in [-0.1, -0.05) is 30.0 Å². The summed E-state index contributed by atoms with van der Waals surface area (Å²) in [5.41, 5.74) is 2.01. The highest BCUT2D eigenvalue weighted by Crippen LogP contribution is 2.34. The number of hydrogen-bond acceptors (Lipinski definition) is 7. The predicted molar refractivity (Wildman–Crippen MR) is 132 cm³/mol. The van der Waals surface area contributed by atoms with E-state index in [1.165, 1.54) is 4.70 Å². The molecule has 2 aliphatic heterocycles. The van der Waals surface area contributed by atoms with Gasteiger partial charge in [0.2, 0.25) is 11.8 Å². The molecular formula is C24H22N4O4S2. The molecule has 0 bridgehead atoms. The molecule has 3 heterocycles. The molecule has 2 N–H and O–H groups in total. The molecule has 2 saturated heterocycles. The van der Waals surface area contributed by atoms with Crippen LogP contribution in [0.3, 0.4) is 0 Å². The predicted octanol–water partition coefficient (Wildman–Crippen LogP) is 4.00. The molecule has 2 aromatic carbocycles. The Balaban J connectivity index is 1.18. The quantitative estimate of drug-likeness (QED) is 0.555. The first-order chi connectivity index (χ1) is 16.5. The van der Waals surface area contributed by atoms with E-state index in [1.807, 2.05) is 23.1 Å². The van der Waals surface area contributed by atoms with Crippen molar-refractivity contribution in [1.29, 1.82) is 0 Å². The van der Waals surface area contributed by atoms with Crippen molar-refractivity contribution < 1.29 is 19.2 Å². The number of anilines is 1. The Bertz CT molecular complexity index is 1250. The van der Waals surface area contributed by atoms with Gasteiger partial charge >= 0.3 is 0 Å². The Kier molecular flexibility index (Phi) is 6.34. The number of thiazole rings is 1. The highest BCUT2D eigenvalue weighted by Gasteiger charge is 2.33. The van der Waals surface area contributed by atoms with Crippen LogP contribution in [0.5, 0.6) is 0 Å². The van der Waals surface area contributed by atoms with E-state index in [-0.39, 0.29) is 18.2 Å². The minimum Gasteiger partial charge on any atom is -0.339 e. The standard InChI is InChI=1S/C24H22N4O4S2/c29-20(13-19-21(30)27-24(32)34-19)25-16-5-3-4-15(12-16)23(31)28-10-8-14(9-11-28)22-26-17-6-1-2-7-18(17)33-22/h1-7,12,14,19H,8-11,13H2,(H,25,29)(H,27,30,32). The van der Waals surface area contributed by atoms with E-state index in [4.69, 9.17) is 4.98 Å². The maximum atomic E-state index is 13.1. The van der Waals surface area contributed by atoms with Gasteiger partial charge in [0.05, 0.1) is 15.2 Å². The topological polar surface area (TPSA) is 108 Å². The van der Waals surface area contributed by atoms with E-state index in [0.29, 0.717) is 30.3 Å². The van der Waals surface area contributed by atoms with Crippen molar-refractivity contribution >= 4 is 62.0 Å². The normalized spacial score (nSPS) is 18.8. The summed E-state index contributed by atoms with van der Waals surface area (Å²) in [5.74, 6) is -0.563. The number of rotatable bonds is 5. The van der Waals surface area contributed by atoms with Crippen molar-refractivity contribution in [3.63, 3.8) is 0 Å². The first kappa shape index (κ1) is 22.5. The highest BCUT2D eigenvalue weighted by atomic mass is 32.2. The third-order valence-electron chi connectivity index (χ3n) is 5.97. The highest BCUT2D eigenvalue weighted by molar-refractivity contribution is 8.15. The average Bonchev–Trinajstić information content (AvgIpc) is 3.41. The van der Waals surface area contributed by atoms with Gasteiger partial charge in [-0.15, -0.1) is 11.3 Å². The van der Waals surface area contributed by atoms with Crippen LogP contribution < -0.4 is 10.6 Å². The van der Waals surface area contributed by atoms with Crippen LogP contribution in [0.2, 0.25) is 0 Å². The zero-order valence-electron chi connectivity index (χ0n) is 18.2. The second-order valence-electron chi connectivity index (χ2n) is 8.30. The Morgan fingerprint density at radius 3 is 2.62 bits per heavy atom. The summed E-state index contributed by atoms with van der Waals surface area (Å²) in [7, 11) is 0. The molecule has 1 atom stereocenters. The number of aromatic nitrogens is 1. The molecule has 8 nitrogen and oxygen atoms in total. The van der Waals surface area contributed by atoms with Gasteiger partial charge in [0.25, 0.3) is 11.1 Å². The maximum absolute atomic E-state index is 13.1. The van der Waals surface area contributed by atoms with E-state index in [1.54, 1.807) is 35.6 Å². The summed E-state index contributed by atoms with van der Waals surface area (Å²) in [6.45, 7) is 1.30. The van der Waals surface area contributed by atoms with Gasteiger partial charge in [-0.05, 0) is 43.2 Å². The largest absolute Gasteiger partial charge is 0.339 e. The lowest BCUT2D eigenvalue weighted by Crippen LogP contribution is -2.37. The number of para-hydroxylation sites is 1. The number of benzene rings is 2. The van der Waals surface area contributed by atoms with Crippen LogP contribution in [0.15, 0.2) is 48.5 Å². The molecule has 10 heteroatoms. The fraction of sp³-hybridized carbons (Fsp3) is 0.292. The van der Waals surface area contributed by atoms with E-state index in [0.717, 1.165) is 35.1 Å². The van der Waals surface area contributed by atoms with Crippen molar-refractivity contribution in [1.82, 2.24) is 15.2 Å². The molecule has 174 valence electrons. The van der Waals surface area contributed by atoms with Crippen LogP contribution >= 0.6 is 23.1 Å². The molecule has 5 rings (SSSR count). The Morgan fingerprint density at radius 2 is 1.88 bits per heavy atom. The van der Waals surface area contributed by atoms with Gasteiger partial charge in [-0.25, -0.2) is 4.98 Å². The van der Waals surface area contributed by atoms with Crippen molar-refractivity contribution in [2.24, 2.45) is 0 Å². The molecule has 34 heavy (non-hydrogen) atoms. The summed E-state index contributed by atoms with van der Waals surface area (Å²) in [6, 6.07) is 14.9. The molecule has 0 aliphatic carbocycles. The number of amides is 4. The lowest BCUT2D eigenvalue weighted by atomic mass is 9.97. The maximum Gasteiger partial charge on any atom is 0.286 e. The van der Waals surface area contributed by atoms with Crippen molar-refractivity contribution in [2.75, 3.05) is 18.4 Å². The first-order valence-electron chi connectivity index (χ1n) is 11.0. The van der Waals surface area contributed by atoms with E-state index in [2.05, 4.69) is 16.7 Å². The summed E-state index contributed by atoms with van der Waals surface area (Å²) in [5, 5.41) is 4.85. The van der Waals surface area contributed by atoms with Crippen LogP contribution in [0.4, 0.5) is 10.5 Å². The van der Waals surface area contributed by atoms with Crippen molar-refractivity contribution in [2.45, 2.75) is 30.4 Å². The summed E-state index contributed by atoms with van der Waals surface area (Å²) in [4.78, 5) is 55.0. The van der Waals surface area contributed by atoms with Gasteiger partial charge in [-0.3, -0.25) is 24.5 Å². The Hall–Kier alpha value is -3.24. The SMILES string of the molecule is O=C(CC1SC(=O)NC1=O)Nc1cccc(C(=O)N2CCC(c3nc4ccccc4s3)CC2)c1. The van der Waals surface area contributed by atoms with E-state index < -0.39 is 16.4 Å². The second kappa shape index (κ2) is 9.55. The zero-order chi connectivity index (χ0) is 23.7.